The summed E-state index contributed by atoms with van der Waals surface area (Å²) >= 11 is 7.16. The third-order valence-electron chi connectivity index (χ3n) is 3.20. The quantitative estimate of drug-likeness (QED) is 0.612. The lowest BCUT2D eigenvalue weighted by Crippen LogP contribution is -2.09. The SMILES string of the molecule is O=S(=O)(CCSc1nnnn1-c1ccc(Cl)cc1)c1ccccc1. The monoisotopic (exact) mass is 380 g/mol. The lowest BCUT2D eigenvalue weighted by atomic mass is 10.3. The highest BCUT2D eigenvalue weighted by atomic mass is 35.5. The summed E-state index contributed by atoms with van der Waals surface area (Å²) in [7, 11) is -3.31. The van der Waals surface area contributed by atoms with Crippen LogP contribution in [0.1, 0.15) is 0 Å². The zero-order chi connectivity index (χ0) is 17.0. The summed E-state index contributed by atoms with van der Waals surface area (Å²) in [6.45, 7) is 0. The minimum atomic E-state index is -3.31. The van der Waals surface area contributed by atoms with Gasteiger partial charge in [-0.1, -0.05) is 41.6 Å². The van der Waals surface area contributed by atoms with Crippen molar-refractivity contribution in [2.45, 2.75) is 10.1 Å². The van der Waals surface area contributed by atoms with Crippen LogP contribution < -0.4 is 0 Å². The largest absolute Gasteiger partial charge is 0.224 e. The Morgan fingerprint density at radius 2 is 1.75 bits per heavy atom. The van der Waals surface area contributed by atoms with Gasteiger partial charge >= 0.3 is 0 Å². The van der Waals surface area contributed by atoms with Crippen molar-refractivity contribution in [1.82, 2.24) is 20.2 Å². The Morgan fingerprint density at radius 3 is 2.46 bits per heavy atom. The number of aromatic nitrogens is 4. The Labute approximate surface area is 148 Å². The first kappa shape index (κ1) is 16.9. The van der Waals surface area contributed by atoms with Gasteiger partial charge in [0.25, 0.3) is 0 Å². The fraction of sp³-hybridized carbons (Fsp3) is 0.133. The molecule has 0 aliphatic heterocycles. The van der Waals surface area contributed by atoms with E-state index in [4.69, 9.17) is 11.6 Å². The van der Waals surface area contributed by atoms with Gasteiger partial charge in [0.1, 0.15) is 0 Å². The minimum Gasteiger partial charge on any atom is -0.224 e. The van der Waals surface area contributed by atoms with Crippen molar-refractivity contribution in [1.29, 1.82) is 0 Å². The van der Waals surface area contributed by atoms with Gasteiger partial charge in [0, 0.05) is 10.8 Å². The van der Waals surface area contributed by atoms with Crippen molar-refractivity contribution in [3.63, 3.8) is 0 Å². The number of thioether (sulfide) groups is 1. The summed E-state index contributed by atoms with van der Waals surface area (Å²) < 4.78 is 26.1. The van der Waals surface area contributed by atoms with Gasteiger partial charge in [-0.3, -0.25) is 0 Å². The molecule has 0 spiro atoms. The highest BCUT2D eigenvalue weighted by Gasteiger charge is 2.15. The molecule has 0 aliphatic carbocycles. The van der Waals surface area contributed by atoms with Crippen molar-refractivity contribution in [2.75, 3.05) is 11.5 Å². The number of nitrogens with zero attached hydrogens (tertiary/aromatic N) is 4. The van der Waals surface area contributed by atoms with Crippen LogP contribution in [-0.2, 0) is 9.84 Å². The summed E-state index contributed by atoms with van der Waals surface area (Å²) in [4.78, 5) is 0.322. The molecule has 3 aromatic rings. The van der Waals surface area contributed by atoms with Gasteiger partial charge in [0.05, 0.1) is 16.3 Å². The molecular formula is C15H13ClN4O2S2. The van der Waals surface area contributed by atoms with E-state index in [1.165, 1.54) is 11.8 Å². The number of sulfone groups is 1. The summed E-state index contributed by atoms with van der Waals surface area (Å²) in [5.74, 6) is 0.361. The molecule has 0 saturated heterocycles. The van der Waals surface area contributed by atoms with E-state index in [0.29, 0.717) is 20.8 Å². The van der Waals surface area contributed by atoms with Crippen molar-refractivity contribution < 1.29 is 8.42 Å². The van der Waals surface area contributed by atoms with Gasteiger partial charge in [0.15, 0.2) is 9.84 Å². The third-order valence-corrected chi connectivity index (χ3v) is 6.36. The van der Waals surface area contributed by atoms with Crippen LogP contribution in [0.5, 0.6) is 0 Å². The number of hydrogen-bond donors (Lipinski definition) is 0. The smallest absolute Gasteiger partial charge is 0.214 e. The van der Waals surface area contributed by atoms with Crippen LogP contribution in [0.2, 0.25) is 5.02 Å². The average Bonchev–Trinajstić information content (AvgIpc) is 3.05. The molecule has 6 nitrogen and oxygen atoms in total. The molecule has 0 saturated carbocycles. The standard InChI is InChI=1S/C15H13ClN4O2S2/c16-12-6-8-13(9-7-12)20-15(17-18-19-20)23-10-11-24(21,22)14-4-2-1-3-5-14/h1-9H,10-11H2. The van der Waals surface area contributed by atoms with E-state index in [9.17, 15) is 8.42 Å². The Kier molecular flexibility index (Phi) is 5.17. The molecule has 1 aromatic heterocycles. The summed E-state index contributed by atoms with van der Waals surface area (Å²) in [5, 5.41) is 12.7. The van der Waals surface area contributed by atoms with Crippen molar-refractivity contribution in [3.8, 4) is 5.69 Å². The average molecular weight is 381 g/mol. The maximum absolute atomic E-state index is 12.3. The van der Waals surface area contributed by atoms with Gasteiger partial charge in [-0.05, 0) is 46.8 Å². The highest BCUT2D eigenvalue weighted by Crippen LogP contribution is 2.21. The van der Waals surface area contributed by atoms with E-state index in [1.807, 2.05) is 0 Å². The van der Waals surface area contributed by atoms with E-state index >= 15 is 0 Å². The Bertz CT molecular complexity index is 912. The molecule has 9 heteroatoms. The minimum absolute atomic E-state index is 0.00909. The topological polar surface area (TPSA) is 77.7 Å². The lowest BCUT2D eigenvalue weighted by Gasteiger charge is -2.05. The van der Waals surface area contributed by atoms with Crippen LogP contribution in [-0.4, -0.2) is 40.1 Å². The zero-order valence-electron chi connectivity index (χ0n) is 12.4. The van der Waals surface area contributed by atoms with E-state index in [1.54, 1.807) is 59.3 Å². The Hall–Kier alpha value is -1.90. The number of halogens is 1. The molecule has 0 radical (unpaired) electrons. The van der Waals surface area contributed by atoms with E-state index in [2.05, 4.69) is 15.5 Å². The summed E-state index contributed by atoms with van der Waals surface area (Å²) in [6, 6.07) is 15.5. The molecule has 2 aromatic carbocycles. The molecule has 0 amide bonds. The molecule has 0 aliphatic rings. The van der Waals surface area contributed by atoms with Crippen LogP contribution in [0.15, 0.2) is 64.6 Å². The van der Waals surface area contributed by atoms with E-state index in [-0.39, 0.29) is 5.75 Å². The molecule has 0 fully saturated rings. The van der Waals surface area contributed by atoms with Crippen molar-refractivity contribution >= 4 is 33.2 Å². The molecule has 0 unspecified atom stereocenters. The molecule has 0 N–H and O–H groups in total. The van der Waals surface area contributed by atoms with Gasteiger partial charge in [-0.25, -0.2) is 8.42 Å². The first-order chi connectivity index (χ1) is 11.6. The number of benzene rings is 2. The zero-order valence-corrected chi connectivity index (χ0v) is 14.8. The molecular weight excluding hydrogens is 368 g/mol. The second kappa shape index (κ2) is 7.33. The molecule has 0 bridgehead atoms. The first-order valence-electron chi connectivity index (χ1n) is 7.01. The maximum atomic E-state index is 12.3. The van der Waals surface area contributed by atoms with Crippen molar-refractivity contribution in [2.24, 2.45) is 0 Å². The van der Waals surface area contributed by atoms with Crippen LogP contribution in [0, 0.1) is 0 Å². The molecule has 24 heavy (non-hydrogen) atoms. The fourth-order valence-electron chi connectivity index (χ4n) is 2.00. The van der Waals surface area contributed by atoms with Crippen LogP contribution in [0.4, 0.5) is 0 Å². The maximum Gasteiger partial charge on any atom is 0.214 e. The van der Waals surface area contributed by atoms with Crippen LogP contribution in [0.25, 0.3) is 5.69 Å². The molecule has 124 valence electrons. The molecule has 3 rings (SSSR count). The highest BCUT2D eigenvalue weighted by molar-refractivity contribution is 8.00. The fourth-order valence-corrected chi connectivity index (χ4v) is 4.69. The normalized spacial score (nSPS) is 11.5. The van der Waals surface area contributed by atoms with Gasteiger partial charge in [0.2, 0.25) is 5.16 Å². The number of hydrogen-bond acceptors (Lipinski definition) is 6. The predicted octanol–water partition coefficient (Wildman–Crippen LogP) is 2.88. The van der Waals surface area contributed by atoms with E-state index in [0.717, 1.165) is 5.69 Å². The van der Waals surface area contributed by atoms with Crippen LogP contribution >= 0.6 is 23.4 Å². The lowest BCUT2D eigenvalue weighted by molar-refractivity contribution is 0.597. The predicted molar refractivity (Wildman–Crippen MR) is 93.4 cm³/mol. The van der Waals surface area contributed by atoms with Gasteiger partial charge in [-0.2, -0.15) is 4.68 Å². The second-order valence-corrected chi connectivity index (χ2v) is 8.44. The summed E-state index contributed by atoms with van der Waals surface area (Å²) in [6.07, 6.45) is 0. The third kappa shape index (κ3) is 3.95. The first-order valence-corrected chi connectivity index (χ1v) is 10.0. The van der Waals surface area contributed by atoms with Crippen LogP contribution in [0.3, 0.4) is 0 Å². The Balaban J connectivity index is 1.68. The van der Waals surface area contributed by atoms with Crippen molar-refractivity contribution in [3.05, 3.63) is 59.6 Å². The van der Waals surface area contributed by atoms with Gasteiger partial charge in [-0.15, -0.1) is 5.10 Å². The number of rotatable bonds is 6. The second-order valence-electron chi connectivity index (χ2n) is 4.83. The Morgan fingerprint density at radius 1 is 1.04 bits per heavy atom. The molecule has 1 heterocycles. The number of tetrazole rings is 1. The van der Waals surface area contributed by atoms with E-state index < -0.39 is 9.84 Å². The van der Waals surface area contributed by atoms with Gasteiger partial charge < -0.3 is 0 Å². The summed E-state index contributed by atoms with van der Waals surface area (Å²) in [5.41, 5.74) is 0.762. The molecule has 0 atom stereocenters.